The number of benzene rings is 1. The summed E-state index contributed by atoms with van der Waals surface area (Å²) in [4.78, 5) is 0. The third kappa shape index (κ3) is 1.88. The van der Waals surface area contributed by atoms with E-state index in [9.17, 15) is 13.2 Å². The van der Waals surface area contributed by atoms with E-state index in [1.54, 1.807) is 0 Å². The van der Waals surface area contributed by atoms with Crippen molar-refractivity contribution in [3.63, 3.8) is 0 Å². The summed E-state index contributed by atoms with van der Waals surface area (Å²) in [6.07, 6.45) is -4.53. The van der Waals surface area contributed by atoms with Gasteiger partial charge in [0.15, 0.2) is 0 Å². The number of phenolic OH excluding ortho intramolecular Hbond substituents is 1. The van der Waals surface area contributed by atoms with Crippen molar-refractivity contribution in [2.24, 2.45) is 0 Å². The van der Waals surface area contributed by atoms with E-state index in [2.05, 4.69) is 0 Å². The fourth-order valence-corrected chi connectivity index (χ4v) is 1.33. The Morgan fingerprint density at radius 1 is 1.31 bits per heavy atom. The molecule has 0 bridgehead atoms. The minimum Gasteiger partial charge on any atom is -0.508 e. The second-order valence-corrected chi connectivity index (χ2v) is 2.97. The predicted molar refractivity (Wildman–Crippen MR) is 42.9 cm³/mol. The van der Waals surface area contributed by atoms with Crippen LogP contribution in [0.15, 0.2) is 12.1 Å². The van der Waals surface area contributed by atoms with Crippen molar-refractivity contribution < 1.29 is 18.3 Å². The van der Waals surface area contributed by atoms with Crippen molar-refractivity contribution in [2.45, 2.75) is 13.1 Å². The van der Waals surface area contributed by atoms with Crippen LogP contribution in [0, 0.1) is 6.92 Å². The van der Waals surface area contributed by atoms with Gasteiger partial charge < -0.3 is 5.11 Å². The first-order valence-electron chi connectivity index (χ1n) is 3.39. The van der Waals surface area contributed by atoms with Crippen LogP contribution in [-0.2, 0) is 6.18 Å². The molecule has 0 aromatic heterocycles. The highest BCUT2D eigenvalue weighted by molar-refractivity contribution is 6.31. The molecular weight excluding hydrogens is 205 g/mol. The molecule has 0 fully saturated rings. The van der Waals surface area contributed by atoms with Crippen LogP contribution < -0.4 is 0 Å². The summed E-state index contributed by atoms with van der Waals surface area (Å²) >= 11 is 5.36. The molecule has 0 saturated carbocycles. The molecule has 0 heterocycles. The highest BCUT2D eigenvalue weighted by atomic mass is 35.5. The Labute approximate surface area is 77.8 Å². The molecule has 0 saturated heterocycles. The highest BCUT2D eigenvalue weighted by Gasteiger charge is 2.35. The Kier molecular flexibility index (Phi) is 2.43. The van der Waals surface area contributed by atoms with Crippen molar-refractivity contribution in [1.29, 1.82) is 0 Å². The lowest BCUT2D eigenvalue weighted by Crippen LogP contribution is -2.08. The number of hydrogen-bond donors (Lipinski definition) is 1. The molecule has 0 aliphatic rings. The Morgan fingerprint density at radius 3 is 2.23 bits per heavy atom. The Balaban J connectivity index is 3.43. The van der Waals surface area contributed by atoms with Gasteiger partial charge in [-0.1, -0.05) is 11.6 Å². The van der Waals surface area contributed by atoms with E-state index in [1.165, 1.54) is 6.92 Å². The average Bonchev–Trinajstić information content (AvgIpc) is 1.95. The molecule has 0 radical (unpaired) electrons. The largest absolute Gasteiger partial charge is 0.508 e. The molecule has 1 aromatic carbocycles. The first-order valence-corrected chi connectivity index (χ1v) is 3.77. The zero-order valence-corrected chi connectivity index (χ0v) is 7.37. The molecular formula is C8H6ClF3O. The maximum atomic E-state index is 12.3. The average molecular weight is 211 g/mol. The monoisotopic (exact) mass is 210 g/mol. The van der Waals surface area contributed by atoms with Crippen molar-refractivity contribution in [2.75, 3.05) is 0 Å². The third-order valence-electron chi connectivity index (χ3n) is 1.67. The van der Waals surface area contributed by atoms with Gasteiger partial charge in [0.05, 0.1) is 10.6 Å². The topological polar surface area (TPSA) is 20.2 Å². The fraction of sp³-hybridized carbons (Fsp3) is 0.250. The summed E-state index contributed by atoms with van der Waals surface area (Å²) in [6.45, 7) is 1.17. The highest BCUT2D eigenvalue weighted by Crippen LogP contribution is 2.39. The third-order valence-corrected chi connectivity index (χ3v) is 1.98. The van der Waals surface area contributed by atoms with Crippen LogP contribution in [0.4, 0.5) is 13.2 Å². The van der Waals surface area contributed by atoms with Crippen LogP contribution in [-0.4, -0.2) is 5.11 Å². The lowest BCUT2D eigenvalue weighted by Gasteiger charge is -2.12. The van der Waals surface area contributed by atoms with Gasteiger partial charge in [0.25, 0.3) is 0 Å². The Bertz CT molecular complexity index is 333. The summed E-state index contributed by atoms with van der Waals surface area (Å²) in [5, 5.41) is 8.63. The van der Waals surface area contributed by atoms with Crippen LogP contribution in [0.25, 0.3) is 0 Å². The number of halogens is 4. The van der Waals surface area contributed by atoms with Crippen LogP contribution >= 0.6 is 11.6 Å². The van der Waals surface area contributed by atoms with Gasteiger partial charge in [0, 0.05) is 5.56 Å². The van der Waals surface area contributed by atoms with Crippen LogP contribution in [0.3, 0.4) is 0 Å². The van der Waals surface area contributed by atoms with E-state index in [-0.39, 0.29) is 5.56 Å². The van der Waals surface area contributed by atoms with E-state index in [1.807, 2.05) is 0 Å². The van der Waals surface area contributed by atoms with Crippen molar-refractivity contribution in [3.05, 3.63) is 28.3 Å². The summed E-state index contributed by atoms with van der Waals surface area (Å²) in [7, 11) is 0. The molecule has 13 heavy (non-hydrogen) atoms. The minimum absolute atomic E-state index is 0.250. The normalized spacial score (nSPS) is 11.8. The van der Waals surface area contributed by atoms with Crippen molar-refractivity contribution >= 4 is 11.6 Å². The van der Waals surface area contributed by atoms with Gasteiger partial charge in [0.1, 0.15) is 5.75 Å². The molecule has 0 amide bonds. The molecule has 1 nitrogen and oxygen atoms in total. The van der Waals surface area contributed by atoms with E-state index >= 15 is 0 Å². The lowest BCUT2D eigenvalue weighted by molar-refractivity contribution is -0.138. The number of hydrogen-bond acceptors (Lipinski definition) is 1. The molecule has 1 aromatic rings. The van der Waals surface area contributed by atoms with Crippen molar-refractivity contribution in [1.82, 2.24) is 0 Å². The summed E-state index contributed by atoms with van der Waals surface area (Å²) in [5.41, 5.74) is -1.23. The number of alkyl halides is 3. The van der Waals surface area contributed by atoms with E-state index < -0.39 is 22.5 Å². The van der Waals surface area contributed by atoms with Gasteiger partial charge >= 0.3 is 6.18 Å². The summed E-state index contributed by atoms with van der Waals surface area (Å²) in [6, 6.07) is 2.15. The van der Waals surface area contributed by atoms with Gasteiger partial charge in [-0.3, -0.25) is 0 Å². The molecule has 0 atom stereocenters. The molecule has 0 unspecified atom stereocenters. The first kappa shape index (κ1) is 10.2. The Morgan fingerprint density at radius 2 is 1.85 bits per heavy atom. The standard InChI is InChI=1S/C8H6ClF3O/c1-4-6(13)3-2-5(9)7(4)8(10,11)12/h2-3,13H,1H3. The number of aromatic hydroxyl groups is 1. The van der Waals surface area contributed by atoms with E-state index in [4.69, 9.17) is 16.7 Å². The zero-order chi connectivity index (χ0) is 10.2. The van der Waals surface area contributed by atoms with Crippen LogP contribution in [0.1, 0.15) is 11.1 Å². The van der Waals surface area contributed by atoms with Gasteiger partial charge in [-0.25, -0.2) is 0 Å². The maximum Gasteiger partial charge on any atom is 0.418 e. The maximum absolute atomic E-state index is 12.3. The minimum atomic E-state index is -4.53. The fourth-order valence-electron chi connectivity index (χ4n) is 1.02. The summed E-state index contributed by atoms with van der Waals surface area (Å²) in [5.74, 6) is -0.406. The zero-order valence-electron chi connectivity index (χ0n) is 6.61. The number of rotatable bonds is 0. The quantitative estimate of drug-likeness (QED) is 0.696. The van der Waals surface area contributed by atoms with Crippen molar-refractivity contribution in [3.8, 4) is 5.75 Å². The molecule has 1 rings (SSSR count). The number of phenols is 1. The smallest absolute Gasteiger partial charge is 0.418 e. The first-order chi connectivity index (χ1) is 5.84. The predicted octanol–water partition coefficient (Wildman–Crippen LogP) is 3.37. The Hall–Kier alpha value is -0.900. The molecule has 0 aliphatic heterocycles. The molecule has 0 spiro atoms. The second kappa shape index (κ2) is 3.10. The van der Waals surface area contributed by atoms with Gasteiger partial charge in [-0.2, -0.15) is 13.2 Å². The molecule has 5 heteroatoms. The molecule has 72 valence electrons. The SMILES string of the molecule is Cc1c(O)ccc(Cl)c1C(F)(F)F. The second-order valence-electron chi connectivity index (χ2n) is 2.56. The van der Waals surface area contributed by atoms with E-state index in [0.717, 1.165) is 12.1 Å². The molecule has 0 aliphatic carbocycles. The van der Waals surface area contributed by atoms with E-state index in [0.29, 0.717) is 0 Å². The molecule has 1 N–H and O–H groups in total. The lowest BCUT2D eigenvalue weighted by atomic mass is 10.1. The summed E-state index contributed by atoms with van der Waals surface area (Å²) < 4.78 is 36.9. The van der Waals surface area contributed by atoms with Gasteiger partial charge in [0.2, 0.25) is 0 Å². The van der Waals surface area contributed by atoms with Gasteiger partial charge in [-0.15, -0.1) is 0 Å². The van der Waals surface area contributed by atoms with Crippen LogP contribution in [0.2, 0.25) is 5.02 Å². The van der Waals surface area contributed by atoms with Gasteiger partial charge in [-0.05, 0) is 19.1 Å². The van der Waals surface area contributed by atoms with Crippen LogP contribution in [0.5, 0.6) is 5.75 Å².